The number of rotatable bonds is 5. The fourth-order valence-corrected chi connectivity index (χ4v) is 3.75. The quantitative estimate of drug-likeness (QED) is 0.745. The summed E-state index contributed by atoms with van der Waals surface area (Å²) in [7, 11) is 0. The molecule has 3 fully saturated rings. The Kier molecular flexibility index (Phi) is 8.53. The molecule has 1 unspecified atom stereocenters. The normalized spacial score (nSPS) is 25.9. The minimum atomic E-state index is -0.250. The lowest BCUT2D eigenvalue weighted by Gasteiger charge is -2.35. The molecular weight excluding hydrogens is 308 g/mol. The molecular formula is C18H32N2O4. The van der Waals surface area contributed by atoms with Gasteiger partial charge >= 0.3 is 0 Å². The molecule has 0 aromatic rings. The molecule has 0 bridgehead atoms. The topological polar surface area (TPSA) is 78.9 Å². The maximum atomic E-state index is 11.9. The van der Waals surface area contributed by atoms with E-state index in [4.69, 9.17) is 14.6 Å². The predicted molar refractivity (Wildman–Crippen MR) is 91.8 cm³/mol. The molecule has 6 nitrogen and oxygen atoms in total. The molecule has 0 aromatic heterocycles. The minimum absolute atomic E-state index is 0.250. The molecule has 0 spiro atoms. The third-order valence-electron chi connectivity index (χ3n) is 5.52. The van der Waals surface area contributed by atoms with E-state index in [2.05, 4.69) is 10.2 Å². The van der Waals surface area contributed by atoms with E-state index in [-0.39, 0.29) is 6.47 Å². The lowest BCUT2D eigenvalue weighted by molar-refractivity contribution is -0.127. The number of amides is 1. The molecule has 1 amide bonds. The Morgan fingerprint density at radius 1 is 1.12 bits per heavy atom. The van der Waals surface area contributed by atoms with Gasteiger partial charge in [-0.3, -0.25) is 9.59 Å². The van der Waals surface area contributed by atoms with Crippen molar-refractivity contribution >= 4 is 12.4 Å². The summed E-state index contributed by atoms with van der Waals surface area (Å²) in [4.78, 5) is 22.8. The Labute approximate surface area is 144 Å². The summed E-state index contributed by atoms with van der Waals surface area (Å²) in [5, 5.41) is 10.1. The molecule has 24 heavy (non-hydrogen) atoms. The number of likely N-dealkylation sites (tertiary alicyclic amines) is 1. The molecule has 0 aromatic carbocycles. The van der Waals surface area contributed by atoms with Crippen molar-refractivity contribution in [2.75, 3.05) is 39.4 Å². The first-order chi connectivity index (χ1) is 11.7. The van der Waals surface area contributed by atoms with Crippen LogP contribution in [0.1, 0.15) is 44.9 Å². The van der Waals surface area contributed by atoms with Gasteiger partial charge in [-0.05, 0) is 63.5 Å². The van der Waals surface area contributed by atoms with Crippen LogP contribution in [0.25, 0.3) is 0 Å². The van der Waals surface area contributed by atoms with Crippen LogP contribution in [0.15, 0.2) is 0 Å². The van der Waals surface area contributed by atoms with Crippen LogP contribution < -0.4 is 5.32 Å². The summed E-state index contributed by atoms with van der Waals surface area (Å²) in [5.74, 6) is 2.07. The third-order valence-corrected chi connectivity index (χ3v) is 5.52. The zero-order valence-corrected chi connectivity index (χ0v) is 14.6. The zero-order valence-electron chi connectivity index (χ0n) is 14.6. The first-order valence-corrected chi connectivity index (χ1v) is 9.38. The lowest BCUT2D eigenvalue weighted by Crippen LogP contribution is -2.43. The van der Waals surface area contributed by atoms with Gasteiger partial charge in [0.2, 0.25) is 5.91 Å². The van der Waals surface area contributed by atoms with Crippen molar-refractivity contribution in [3.63, 3.8) is 0 Å². The Hall–Kier alpha value is -1.14. The van der Waals surface area contributed by atoms with E-state index in [0.717, 1.165) is 38.5 Å². The number of ether oxygens (including phenoxy) is 1. The average Bonchev–Trinajstić information content (AvgIpc) is 2.54. The molecule has 2 saturated heterocycles. The maximum absolute atomic E-state index is 11.9. The van der Waals surface area contributed by atoms with Gasteiger partial charge in [-0.1, -0.05) is 6.42 Å². The molecule has 2 aliphatic heterocycles. The molecule has 1 saturated carbocycles. The first-order valence-electron chi connectivity index (χ1n) is 9.38. The Morgan fingerprint density at radius 3 is 2.38 bits per heavy atom. The zero-order chi connectivity index (χ0) is 17.2. The lowest BCUT2D eigenvalue weighted by atomic mass is 9.84. The number of hydrogen-bond acceptors (Lipinski definition) is 4. The van der Waals surface area contributed by atoms with E-state index in [9.17, 15) is 4.79 Å². The van der Waals surface area contributed by atoms with Gasteiger partial charge in [-0.15, -0.1) is 0 Å². The van der Waals surface area contributed by atoms with Crippen LogP contribution in [0.4, 0.5) is 0 Å². The summed E-state index contributed by atoms with van der Waals surface area (Å²) >= 11 is 0. The molecule has 1 aliphatic carbocycles. The second kappa shape index (κ2) is 10.7. The Morgan fingerprint density at radius 2 is 1.83 bits per heavy atom. The van der Waals surface area contributed by atoms with Crippen molar-refractivity contribution in [1.82, 2.24) is 10.2 Å². The van der Waals surface area contributed by atoms with Gasteiger partial charge < -0.3 is 20.1 Å². The van der Waals surface area contributed by atoms with Gasteiger partial charge in [-0.25, -0.2) is 0 Å². The Bertz CT molecular complexity index is 373. The second-order valence-electron chi connectivity index (χ2n) is 7.31. The highest BCUT2D eigenvalue weighted by Crippen LogP contribution is 2.26. The summed E-state index contributed by atoms with van der Waals surface area (Å²) < 4.78 is 5.57. The van der Waals surface area contributed by atoms with Crippen molar-refractivity contribution in [1.29, 1.82) is 0 Å². The molecule has 3 aliphatic rings. The van der Waals surface area contributed by atoms with Gasteiger partial charge in [0.25, 0.3) is 6.47 Å². The number of nitrogens with zero attached hydrogens (tertiary/aromatic N) is 1. The monoisotopic (exact) mass is 340 g/mol. The number of carboxylic acid groups (broad SMARTS) is 1. The van der Waals surface area contributed by atoms with Crippen LogP contribution in [0.2, 0.25) is 0 Å². The van der Waals surface area contributed by atoms with E-state index < -0.39 is 0 Å². The van der Waals surface area contributed by atoms with Crippen molar-refractivity contribution in [2.24, 2.45) is 17.8 Å². The number of hydrogen-bond donors (Lipinski definition) is 2. The van der Waals surface area contributed by atoms with E-state index >= 15 is 0 Å². The van der Waals surface area contributed by atoms with E-state index in [1.807, 2.05) is 0 Å². The van der Waals surface area contributed by atoms with Gasteiger partial charge in [0.05, 0.1) is 6.61 Å². The maximum Gasteiger partial charge on any atom is 0.290 e. The number of carbonyl (C=O) groups is 2. The highest BCUT2D eigenvalue weighted by atomic mass is 16.5. The SMILES string of the molecule is O=C(NCC1CCN(CC2CCCOC2)CC1)C1CCC1.O=CO. The van der Waals surface area contributed by atoms with Crippen LogP contribution >= 0.6 is 0 Å². The average molecular weight is 340 g/mol. The standard InChI is InChI=1S/C17H30N2O2.CH2O2/c20-17(16-4-1-5-16)18-11-14-6-8-19(9-7-14)12-15-3-2-10-21-13-15;2-1-3/h14-16H,1-13H2,(H,18,20);1H,(H,2,3). The van der Waals surface area contributed by atoms with Crippen molar-refractivity contribution in [2.45, 2.75) is 44.9 Å². The molecule has 138 valence electrons. The van der Waals surface area contributed by atoms with Crippen molar-refractivity contribution in [3.05, 3.63) is 0 Å². The first kappa shape index (κ1) is 19.2. The summed E-state index contributed by atoms with van der Waals surface area (Å²) in [5.41, 5.74) is 0. The largest absolute Gasteiger partial charge is 0.483 e. The van der Waals surface area contributed by atoms with Crippen LogP contribution in [-0.2, 0) is 14.3 Å². The van der Waals surface area contributed by atoms with Gasteiger partial charge in [0, 0.05) is 25.6 Å². The molecule has 1 atom stereocenters. The molecule has 2 heterocycles. The molecule has 3 rings (SSSR count). The fraction of sp³-hybridized carbons (Fsp3) is 0.889. The van der Waals surface area contributed by atoms with Crippen LogP contribution in [0, 0.1) is 17.8 Å². The molecule has 6 heteroatoms. The highest BCUT2D eigenvalue weighted by molar-refractivity contribution is 5.79. The molecule has 0 radical (unpaired) electrons. The summed E-state index contributed by atoms with van der Waals surface area (Å²) in [6.45, 7) is 6.16. The predicted octanol–water partition coefficient (Wildman–Crippen LogP) is 1.74. The van der Waals surface area contributed by atoms with E-state index in [0.29, 0.717) is 17.7 Å². The number of carbonyl (C=O) groups excluding carboxylic acids is 1. The summed E-state index contributed by atoms with van der Waals surface area (Å²) in [6.07, 6.45) is 8.48. The van der Waals surface area contributed by atoms with E-state index in [1.54, 1.807) is 0 Å². The van der Waals surface area contributed by atoms with Gasteiger partial charge in [-0.2, -0.15) is 0 Å². The summed E-state index contributed by atoms with van der Waals surface area (Å²) in [6, 6.07) is 0. The van der Waals surface area contributed by atoms with Crippen LogP contribution in [0.5, 0.6) is 0 Å². The minimum Gasteiger partial charge on any atom is -0.483 e. The number of piperidine rings is 1. The van der Waals surface area contributed by atoms with Gasteiger partial charge in [0.1, 0.15) is 0 Å². The van der Waals surface area contributed by atoms with E-state index in [1.165, 1.54) is 51.7 Å². The molecule has 2 N–H and O–H groups in total. The second-order valence-corrected chi connectivity index (χ2v) is 7.31. The van der Waals surface area contributed by atoms with Crippen molar-refractivity contribution in [3.8, 4) is 0 Å². The van der Waals surface area contributed by atoms with Crippen molar-refractivity contribution < 1.29 is 19.4 Å². The number of nitrogens with one attached hydrogen (secondary N) is 1. The third kappa shape index (κ3) is 6.40. The Balaban J connectivity index is 0.000000647. The van der Waals surface area contributed by atoms with Crippen LogP contribution in [-0.4, -0.2) is 61.8 Å². The van der Waals surface area contributed by atoms with Crippen LogP contribution in [0.3, 0.4) is 0 Å². The smallest absolute Gasteiger partial charge is 0.290 e. The van der Waals surface area contributed by atoms with Gasteiger partial charge in [0.15, 0.2) is 0 Å². The highest BCUT2D eigenvalue weighted by Gasteiger charge is 2.27. The fourth-order valence-electron chi connectivity index (χ4n) is 3.75.